The van der Waals surface area contributed by atoms with Gasteiger partial charge in [0.15, 0.2) is 16.9 Å². The molecule has 0 bridgehead atoms. The van der Waals surface area contributed by atoms with Crippen molar-refractivity contribution in [2.75, 3.05) is 19.1 Å². The Kier molecular flexibility index (Phi) is 4.87. The number of fused-ring (bicyclic) bond motifs is 2. The number of amides is 1. The molecule has 32 heavy (non-hydrogen) atoms. The van der Waals surface area contributed by atoms with Crippen molar-refractivity contribution in [3.8, 4) is 11.5 Å². The third-order valence-corrected chi connectivity index (χ3v) is 6.35. The van der Waals surface area contributed by atoms with Crippen molar-refractivity contribution in [1.82, 2.24) is 10.2 Å². The standard InChI is InChI=1S/C22H16ClN3O5S/c1-10-24-25-22(32-10)26-18(11-4-6-15(29-2)16(8-11)30-3)17-19(27)13-9-12(23)5-7-14(13)31-20(17)21(26)28/h4-9,18H,1-3H3. The molecule has 2 aromatic carbocycles. The zero-order valence-electron chi connectivity index (χ0n) is 17.2. The van der Waals surface area contributed by atoms with Crippen molar-refractivity contribution < 1.29 is 18.7 Å². The lowest BCUT2D eigenvalue weighted by atomic mass is 9.98. The quantitative estimate of drug-likeness (QED) is 0.438. The molecule has 0 spiro atoms. The maximum Gasteiger partial charge on any atom is 0.297 e. The van der Waals surface area contributed by atoms with Crippen LogP contribution >= 0.6 is 22.9 Å². The SMILES string of the molecule is COc1ccc(C2c3c(oc4ccc(Cl)cc4c3=O)C(=O)N2c2nnc(C)s2)cc1OC. The van der Waals surface area contributed by atoms with Crippen LogP contribution in [0.1, 0.15) is 32.7 Å². The van der Waals surface area contributed by atoms with E-state index in [1.165, 1.54) is 36.5 Å². The minimum Gasteiger partial charge on any atom is -0.493 e. The smallest absolute Gasteiger partial charge is 0.297 e. The highest BCUT2D eigenvalue weighted by Crippen LogP contribution is 2.44. The average Bonchev–Trinajstić information content (AvgIpc) is 3.34. The Morgan fingerprint density at radius 3 is 2.53 bits per heavy atom. The molecule has 2 aromatic heterocycles. The van der Waals surface area contributed by atoms with Gasteiger partial charge in [0.25, 0.3) is 5.91 Å². The Balaban J connectivity index is 1.81. The predicted octanol–water partition coefficient (Wildman–Crippen LogP) is 4.37. The number of carbonyl (C=O) groups is 1. The number of hydrogen-bond acceptors (Lipinski definition) is 8. The van der Waals surface area contributed by atoms with Crippen molar-refractivity contribution in [3.63, 3.8) is 0 Å². The Morgan fingerprint density at radius 1 is 1.06 bits per heavy atom. The van der Waals surface area contributed by atoms with E-state index in [1.807, 2.05) is 0 Å². The Morgan fingerprint density at radius 2 is 1.84 bits per heavy atom. The molecule has 0 aliphatic carbocycles. The summed E-state index contributed by atoms with van der Waals surface area (Å²) in [7, 11) is 3.05. The number of carbonyl (C=O) groups excluding carboxylic acids is 1. The fraction of sp³-hybridized carbons (Fsp3) is 0.182. The molecule has 5 rings (SSSR count). The number of aryl methyl sites for hydroxylation is 1. The van der Waals surface area contributed by atoms with Crippen molar-refractivity contribution in [2.45, 2.75) is 13.0 Å². The minimum absolute atomic E-state index is 0.0301. The van der Waals surface area contributed by atoms with Gasteiger partial charge in [-0.2, -0.15) is 0 Å². The largest absolute Gasteiger partial charge is 0.493 e. The highest BCUT2D eigenvalue weighted by atomic mass is 35.5. The summed E-state index contributed by atoms with van der Waals surface area (Å²) in [6, 6.07) is 9.16. The van der Waals surface area contributed by atoms with E-state index in [4.69, 9.17) is 25.5 Å². The molecule has 1 aliphatic rings. The van der Waals surface area contributed by atoms with Crippen molar-refractivity contribution in [1.29, 1.82) is 0 Å². The maximum atomic E-state index is 13.6. The van der Waals surface area contributed by atoms with Gasteiger partial charge in [-0.1, -0.05) is 29.0 Å². The normalized spacial score (nSPS) is 15.3. The molecule has 0 N–H and O–H groups in total. The molecule has 0 saturated heterocycles. The van der Waals surface area contributed by atoms with Crippen LogP contribution in [0.3, 0.4) is 0 Å². The van der Waals surface area contributed by atoms with Gasteiger partial charge in [0.05, 0.1) is 31.2 Å². The van der Waals surface area contributed by atoms with Gasteiger partial charge in [0.1, 0.15) is 10.6 Å². The highest BCUT2D eigenvalue weighted by Gasteiger charge is 2.45. The Bertz CT molecular complexity index is 1450. The fourth-order valence-electron chi connectivity index (χ4n) is 3.86. The third-order valence-electron chi connectivity index (χ3n) is 5.28. The van der Waals surface area contributed by atoms with E-state index >= 15 is 0 Å². The number of halogens is 1. The zero-order valence-corrected chi connectivity index (χ0v) is 18.8. The fourth-order valence-corrected chi connectivity index (χ4v) is 4.75. The lowest BCUT2D eigenvalue weighted by Crippen LogP contribution is -2.29. The summed E-state index contributed by atoms with van der Waals surface area (Å²) in [5.41, 5.74) is 0.801. The molecule has 8 nitrogen and oxygen atoms in total. The second-order valence-corrected chi connectivity index (χ2v) is 8.71. The van der Waals surface area contributed by atoms with Crippen molar-refractivity contribution in [3.05, 3.63) is 73.5 Å². The average molecular weight is 470 g/mol. The summed E-state index contributed by atoms with van der Waals surface area (Å²) >= 11 is 7.37. The maximum absolute atomic E-state index is 13.6. The summed E-state index contributed by atoms with van der Waals surface area (Å²) in [4.78, 5) is 28.5. The van der Waals surface area contributed by atoms with Crippen LogP contribution in [0.5, 0.6) is 11.5 Å². The molecule has 1 aliphatic heterocycles. The van der Waals surface area contributed by atoms with E-state index in [1.54, 1.807) is 37.3 Å². The number of aromatic nitrogens is 2. The van der Waals surface area contributed by atoms with E-state index in [9.17, 15) is 9.59 Å². The number of ether oxygens (including phenoxy) is 2. The number of benzene rings is 2. The Labute approximate surface area is 191 Å². The third kappa shape index (κ3) is 3.04. The number of rotatable bonds is 4. The van der Waals surface area contributed by atoms with Crippen LogP contribution < -0.4 is 19.8 Å². The topological polar surface area (TPSA) is 94.8 Å². The minimum atomic E-state index is -0.788. The summed E-state index contributed by atoms with van der Waals surface area (Å²) < 4.78 is 16.7. The molecule has 0 saturated carbocycles. The van der Waals surface area contributed by atoms with Crippen LogP contribution in [0.25, 0.3) is 11.0 Å². The van der Waals surface area contributed by atoms with Crippen LogP contribution in [0.4, 0.5) is 5.13 Å². The molecular weight excluding hydrogens is 454 g/mol. The van der Waals surface area contributed by atoms with Gasteiger partial charge in [-0.05, 0) is 42.8 Å². The number of methoxy groups -OCH3 is 2. The van der Waals surface area contributed by atoms with E-state index < -0.39 is 11.9 Å². The molecule has 10 heteroatoms. The van der Waals surface area contributed by atoms with Crippen molar-refractivity contribution in [2.24, 2.45) is 0 Å². The molecule has 1 amide bonds. The van der Waals surface area contributed by atoms with Crippen LogP contribution in [-0.4, -0.2) is 30.3 Å². The monoisotopic (exact) mass is 469 g/mol. The van der Waals surface area contributed by atoms with Gasteiger partial charge in [0, 0.05) is 5.02 Å². The lowest BCUT2D eigenvalue weighted by Gasteiger charge is -2.23. The summed E-state index contributed by atoms with van der Waals surface area (Å²) in [5, 5.41) is 9.93. The van der Waals surface area contributed by atoms with Gasteiger partial charge < -0.3 is 13.9 Å². The Hall–Kier alpha value is -3.43. The molecule has 3 heterocycles. The van der Waals surface area contributed by atoms with E-state index in [0.717, 1.165) is 0 Å². The van der Waals surface area contributed by atoms with Gasteiger partial charge in [-0.25, -0.2) is 0 Å². The second-order valence-electron chi connectivity index (χ2n) is 7.11. The van der Waals surface area contributed by atoms with Crippen LogP contribution in [0, 0.1) is 6.92 Å². The zero-order chi connectivity index (χ0) is 22.6. The van der Waals surface area contributed by atoms with Gasteiger partial charge in [-0.3, -0.25) is 14.5 Å². The van der Waals surface area contributed by atoms with Crippen LogP contribution in [0.15, 0.2) is 45.6 Å². The molecule has 4 aromatic rings. The first-order valence-corrected chi connectivity index (χ1v) is 10.7. The summed E-state index contributed by atoms with van der Waals surface area (Å²) in [5.74, 6) is 0.492. The molecule has 1 atom stereocenters. The number of nitrogens with zero attached hydrogens (tertiary/aromatic N) is 3. The van der Waals surface area contributed by atoms with Gasteiger partial charge in [-0.15, -0.1) is 10.2 Å². The molecule has 1 unspecified atom stereocenters. The lowest BCUT2D eigenvalue weighted by molar-refractivity contribution is 0.0970. The molecule has 0 radical (unpaired) electrons. The van der Waals surface area contributed by atoms with Gasteiger partial charge >= 0.3 is 0 Å². The number of anilines is 1. The summed E-state index contributed by atoms with van der Waals surface area (Å²) in [6.45, 7) is 1.79. The van der Waals surface area contributed by atoms with E-state index in [0.29, 0.717) is 37.6 Å². The van der Waals surface area contributed by atoms with Crippen molar-refractivity contribution >= 4 is 44.9 Å². The molecule has 0 fully saturated rings. The van der Waals surface area contributed by atoms with Crippen LogP contribution in [0.2, 0.25) is 5.02 Å². The first-order chi connectivity index (χ1) is 15.4. The van der Waals surface area contributed by atoms with E-state index in [-0.39, 0.29) is 22.3 Å². The second kappa shape index (κ2) is 7.61. The van der Waals surface area contributed by atoms with Crippen LogP contribution in [-0.2, 0) is 0 Å². The molecule has 162 valence electrons. The highest BCUT2D eigenvalue weighted by molar-refractivity contribution is 7.15. The predicted molar refractivity (Wildman–Crippen MR) is 120 cm³/mol. The number of hydrogen-bond donors (Lipinski definition) is 0. The van der Waals surface area contributed by atoms with E-state index in [2.05, 4.69) is 10.2 Å². The van der Waals surface area contributed by atoms with Gasteiger partial charge in [0.2, 0.25) is 10.9 Å². The molecular formula is C22H16ClN3O5S. The first kappa shape index (κ1) is 20.5. The first-order valence-electron chi connectivity index (χ1n) is 9.54. The summed E-state index contributed by atoms with van der Waals surface area (Å²) in [6.07, 6.45) is 0.